The lowest BCUT2D eigenvalue weighted by Crippen LogP contribution is -2.58. The normalized spacial score (nSPS) is 23.1. The van der Waals surface area contributed by atoms with Crippen LogP contribution in [0.25, 0.3) is 0 Å². The Balaban J connectivity index is 1.33. The number of aromatic nitrogens is 1. The van der Waals surface area contributed by atoms with Crippen LogP contribution in [0.3, 0.4) is 0 Å². The molecule has 146 valence electrons. The lowest BCUT2D eigenvalue weighted by molar-refractivity contribution is -0.104. The van der Waals surface area contributed by atoms with Crippen LogP contribution in [0.2, 0.25) is 0 Å². The standard InChI is InChI=1S/C21H31N5O/c1-2-23-12-14-26(15-13-23)20-6-3-5-19(22-20)25-10-7-21(8-11-25)17-24(18-21)9-4-16-27/h3-6,9,16H,2,7-8,10-15,17-18H2,1H3/b9-4+. The first-order chi connectivity index (χ1) is 13.2. The zero-order chi connectivity index (χ0) is 18.7. The molecule has 0 N–H and O–H groups in total. The van der Waals surface area contributed by atoms with Crippen molar-refractivity contribution in [2.75, 3.05) is 68.7 Å². The number of allylic oxidation sites excluding steroid dienone is 1. The Bertz CT molecular complexity index is 667. The molecule has 0 atom stereocenters. The van der Waals surface area contributed by atoms with Gasteiger partial charge in [0.05, 0.1) is 0 Å². The predicted octanol–water partition coefficient (Wildman–Crippen LogP) is 1.84. The van der Waals surface area contributed by atoms with Crippen molar-refractivity contribution in [2.24, 2.45) is 5.41 Å². The van der Waals surface area contributed by atoms with E-state index in [4.69, 9.17) is 4.98 Å². The largest absolute Gasteiger partial charge is 0.376 e. The molecule has 0 bridgehead atoms. The summed E-state index contributed by atoms with van der Waals surface area (Å²) in [6.45, 7) is 12.1. The van der Waals surface area contributed by atoms with Crippen LogP contribution in [0.5, 0.6) is 0 Å². The summed E-state index contributed by atoms with van der Waals surface area (Å²) in [5.74, 6) is 2.25. The van der Waals surface area contributed by atoms with Gasteiger partial charge in [0, 0.05) is 64.0 Å². The van der Waals surface area contributed by atoms with E-state index in [1.54, 1.807) is 6.08 Å². The van der Waals surface area contributed by atoms with Gasteiger partial charge >= 0.3 is 0 Å². The van der Waals surface area contributed by atoms with Gasteiger partial charge in [-0.05, 0) is 37.6 Å². The number of nitrogens with zero attached hydrogens (tertiary/aromatic N) is 5. The molecular formula is C21H31N5O. The molecule has 1 spiro atoms. The van der Waals surface area contributed by atoms with Crippen LogP contribution in [-0.2, 0) is 4.79 Å². The average molecular weight is 370 g/mol. The number of piperazine rings is 1. The van der Waals surface area contributed by atoms with Gasteiger partial charge in [0.25, 0.3) is 0 Å². The second kappa shape index (κ2) is 7.89. The highest BCUT2D eigenvalue weighted by Crippen LogP contribution is 2.41. The van der Waals surface area contributed by atoms with E-state index in [-0.39, 0.29) is 0 Å². The van der Waals surface area contributed by atoms with E-state index in [0.29, 0.717) is 5.41 Å². The molecule has 0 unspecified atom stereocenters. The quantitative estimate of drug-likeness (QED) is 0.583. The van der Waals surface area contributed by atoms with E-state index < -0.39 is 0 Å². The van der Waals surface area contributed by atoms with Crippen molar-refractivity contribution in [1.82, 2.24) is 14.8 Å². The van der Waals surface area contributed by atoms with Crippen LogP contribution in [0.4, 0.5) is 11.6 Å². The summed E-state index contributed by atoms with van der Waals surface area (Å²) in [4.78, 5) is 25.1. The van der Waals surface area contributed by atoms with Gasteiger partial charge in [-0.1, -0.05) is 13.0 Å². The van der Waals surface area contributed by atoms with Gasteiger partial charge in [-0.25, -0.2) is 4.98 Å². The average Bonchev–Trinajstić information content (AvgIpc) is 2.71. The van der Waals surface area contributed by atoms with E-state index in [1.807, 2.05) is 6.20 Å². The van der Waals surface area contributed by atoms with Gasteiger partial charge in [-0.2, -0.15) is 0 Å². The molecule has 3 fully saturated rings. The maximum Gasteiger partial charge on any atom is 0.144 e. The Morgan fingerprint density at radius 2 is 1.63 bits per heavy atom. The van der Waals surface area contributed by atoms with Crippen molar-refractivity contribution >= 4 is 17.9 Å². The number of hydrogen-bond acceptors (Lipinski definition) is 6. The fourth-order valence-corrected chi connectivity index (χ4v) is 4.66. The third kappa shape index (κ3) is 3.95. The molecular weight excluding hydrogens is 338 g/mol. The lowest BCUT2D eigenvalue weighted by Gasteiger charge is -2.54. The molecule has 4 rings (SSSR count). The molecule has 3 aliphatic rings. The summed E-state index contributed by atoms with van der Waals surface area (Å²) < 4.78 is 0. The highest BCUT2D eigenvalue weighted by molar-refractivity contribution is 5.64. The Kier molecular flexibility index (Phi) is 5.34. The summed E-state index contributed by atoms with van der Waals surface area (Å²) in [6.07, 6.45) is 6.79. The first kappa shape index (κ1) is 18.3. The molecule has 6 heteroatoms. The zero-order valence-corrected chi connectivity index (χ0v) is 16.4. The highest BCUT2D eigenvalue weighted by Gasteiger charge is 2.43. The topological polar surface area (TPSA) is 42.9 Å². The van der Waals surface area contributed by atoms with Crippen molar-refractivity contribution in [3.63, 3.8) is 0 Å². The summed E-state index contributed by atoms with van der Waals surface area (Å²) in [7, 11) is 0. The summed E-state index contributed by atoms with van der Waals surface area (Å²) in [6, 6.07) is 6.47. The predicted molar refractivity (Wildman–Crippen MR) is 109 cm³/mol. The van der Waals surface area contributed by atoms with Gasteiger partial charge in [0.15, 0.2) is 0 Å². The van der Waals surface area contributed by atoms with Crippen LogP contribution in [0.1, 0.15) is 19.8 Å². The van der Waals surface area contributed by atoms with Gasteiger partial charge in [0.2, 0.25) is 0 Å². The van der Waals surface area contributed by atoms with E-state index >= 15 is 0 Å². The zero-order valence-electron chi connectivity index (χ0n) is 16.4. The Morgan fingerprint density at radius 1 is 1.00 bits per heavy atom. The second-order valence-corrected chi connectivity index (χ2v) is 8.14. The molecule has 0 amide bonds. The van der Waals surface area contributed by atoms with E-state index in [2.05, 4.69) is 44.7 Å². The first-order valence-electron chi connectivity index (χ1n) is 10.3. The number of pyridine rings is 1. The number of rotatable bonds is 5. The van der Waals surface area contributed by atoms with Crippen molar-refractivity contribution < 1.29 is 4.79 Å². The fraction of sp³-hybridized carbons (Fsp3) is 0.619. The van der Waals surface area contributed by atoms with E-state index in [1.165, 1.54) is 12.8 Å². The number of carbonyl (C=O) groups excluding carboxylic acids is 1. The number of hydrogen-bond donors (Lipinski definition) is 0. The number of likely N-dealkylation sites (tertiary alicyclic amines) is 1. The van der Waals surface area contributed by atoms with Gasteiger partial charge < -0.3 is 19.6 Å². The van der Waals surface area contributed by atoms with Crippen molar-refractivity contribution in [3.8, 4) is 0 Å². The molecule has 4 heterocycles. The molecule has 6 nitrogen and oxygen atoms in total. The number of likely N-dealkylation sites (N-methyl/N-ethyl adjacent to an activating group) is 1. The van der Waals surface area contributed by atoms with E-state index in [9.17, 15) is 4.79 Å². The molecule has 3 saturated heterocycles. The smallest absolute Gasteiger partial charge is 0.144 e. The van der Waals surface area contributed by atoms with Crippen LogP contribution in [0.15, 0.2) is 30.5 Å². The molecule has 0 radical (unpaired) electrons. The number of carbonyl (C=O) groups is 1. The summed E-state index contributed by atoms with van der Waals surface area (Å²) >= 11 is 0. The minimum Gasteiger partial charge on any atom is -0.376 e. The molecule has 1 aromatic rings. The molecule has 27 heavy (non-hydrogen) atoms. The Labute approximate surface area is 162 Å². The van der Waals surface area contributed by atoms with Crippen LogP contribution >= 0.6 is 0 Å². The molecule has 0 aromatic carbocycles. The number of aldehydes is 1. The Morgan fingerprint density at radius 3 is 2.22 bits per heavy atom. The van der Waals surface area contributed by atoms with Crippen LogP contribution in [0, 0.1) is 5.41 Å². The lowest BCUT2D eigenvalue weighted by atomic mass is 9.72. The van der Waals surface area contributed by atoms with Crippen molar-refractivity contribution in [1.29, 1.82) is 0 Å². The van der Waals surface area contributed by atoms with Gasteiger partial charge in [-0.3, -0.25) is 4.79 Å². The van der Waals surface area contributed by atoms with Crippen molar-refractivity contribution in [2.45, 2.75) is 19.8 Å². The van der Waals surface area contributed by atoms with Gasteiger partial charge in [-0.15, -0.1) is 0 Å². The second-order valence-electron chi connectivity index (χ2n) is 8.14. The maximum atomic E-state index is 10.5. The molecule has 3 aliphatic heterocycles. The maximum absolute atomic E-state index is 10.5. The number of anilines is 2. The number of piperidine rings is 1. The SMILES string of the molecule is CCN1CCN(c2cccc(N3CCC4(CC3)CN(/C=C/C=O)C4)n2)CC1. The highest BCUT2D eigenvalue weighted by atomic mass is 16.1. The van der Waals surface area contributed by atoms with Crippen LogP contribution in [-0.4, -0.2) is 80.0 Å². The third-order valence-electron chi connectivity index (χ3n) is 6.46. The molecule has 0 aliphatic carbocycles. The molecule has 1 aromatic heterocycles. The van der Waals surface area contributed by atoms with Crippen molar-refractivity contribution in [3.05, 3.63) is 30.5 Å². The fourth-order valence-electron chi connectivity index (χ4n) is 4.66. The Hall–Kier alpha value is -2.08. The minimum absolute atomic E-state index is 0.442. The first-order valence-corrected chi connectivity index (χ1v) is 10.3. The monoisotopic (exact) mass is 369 g/mol. The summed E-state index contributed by atoms with van der Waals surface area (Å²) in [5, 5.41) is 0. The summed E-state index contributed by atoms with van der Waals surface area (Å²) in [5.41, 5.74) is 0.442. The minimum atomic E-state index is 0.442. The van der Waals surface area contributed by atoms with Crippen LogP contribution < -0.4 is 9.80 Å². The van der Waals surface area contributed by atoms with Gasteiger partial charge in [0.1, 0.15) is 17.9 Å². The third-order valence-corrected chi connectivity index (χ3v) is 6.46. The molecule has 0 saturated carbocycles. The van der Waals surface area contributed by atoms with E-state index in [0.717, 1.165) is 76.8 Å².